The normalized spacial score (nSPS) is 10.7. The first-order valence-corrected chi connectivity index (χ1v) is 3.89. The summed E-state index contributed by atoms with van der Waals surface area (Å²) < 4.78 is 5.13. The van der Waals surface area contributed by atoms with E-state index in [-0.39, 0.29) is 0 Å². The van der Waals surface area contributed by atoms with Crippen LogP contribution in [0, 0.1) is 0 Å². The molecular weight excluding hydrogens is 144 g/mol. The number of ether oxygens (including phenoxy) is 1. The summed E-state index contributed by atoms with van der Waals surface area (Å²) in [5.74, 6) is 0. The molecule has 0 aromatic rings. The molecule has 0 aromatic heterocycles. The maximum Gasteiger partial charge on any atom is 0.125 e. The first-order chi connectivity index (χ1) is 5.41. The van der Waals surface area contributed by atoms with Crippen LogP contribution in [0.2, 0.25) is 0 Å². The van der Waals surface area contributed by atoms with Crippen LogP contribution in [-0.4, -0.2) is 19.8 Å². The van der Waals surface area contributed by atoms with E-state index in [0.29, 0.717) is 13.2 Å². The molecule has 0 aromatic carbocycles. The van der Waals surface area contributed by atoms with Gasteiger partial charge in [0, 0.05) is 6.61 Å². The van der Waals surface area contributed by atoms with Crippen molar-refractivity contribution in [3.63, 3.8) is 0 Å². The number of allylic oxidation sites excluding steroid dienone is 1. The lowest BCUT2D eigenvalue weighted by molar-refractivity contribution is -0.255. The molecule has 0 aliphatic heterocycles. The topological polar surface area (TPSA) is 27.7 Å². The summed E-state index contributed by atoms with van der Waals surface area (Å²) in [6, 6.07) is 0. The number of hydrogen-bond acceptors (Lipinski definition) is 3. The highest BCUT2D eigenvalue weighted by Crippen LogP contribution is 1.83. The Morgan fingerprint density at radius 2 is 2.00 bits per heavy atom. The van der Waals surface area contributed by atoms with E-state index in [1.165, 1.54) is 6.26 Å². The Morgan fingerprint density at radius 3 is 2.64 bits per heavy atom. The van der Waals surface area contributed by atoms with Gasteiger partial charge in [-0.05, 0) is 19.4 Å². The zero-order valence-corrected chi connectivity index (χ0v) is 7.21. The molecule has 0 saturated carbocycles. The molecule has 3 heteroatoms. The van der Waals surface area contributed by atoms with Crippen LogP contribution in [0.15, 0.2) is 12.3 Å². The van der Waals surface area contributed by atoms with Crippen molar-refractivity contribution < 1.29 is 14.5 Å². The van der Waals surface area contributed by atoms with Gasteiger partial charge in [-0.3, -0.25) is 0 Å². The van der Waals surface area contributed by atoms with Crippen LogP contribution in [0.4, 0.5) is 0 Å². The smallest absolute Gasteiger partial charge is 0.125 e. The predicted octanol–water partition coefficient (Wildman–Crippen LogP) is 1.89. The van der Waals surface area contributed by atoms with Gasteiger partial charge in [0.25, 0.3) is 0 Å². The molecule has 0 radical (unpaired) electrons. The third-order valence-corrected chi connectivity index (χ3v) is 0.919. The highest BCUT2D eigenvalue weighted by atomic mass is 17.2. The van der Waals surface area contributed by atoms with Gasteiger partial charge in [-0.1, -0.05) is 6.92 Å². The summed E-state index contributed by atoms with van der Waals surface area (Å²) in [4.78, 5) is 9.31. The van der Waals surface area contributed by atoms with Crippen LogP contribution in [0.3, 0.4) is 0 Å². The van der Waals surface area contributed by atoms with Gasteiger partial charge in [-0.2, -0.15) is 4.89 Å². The molecule has 0 aliphatic rings. The monoisotopic (exact) mass is 160 g/mol. The first-order valence-electron chi connectivity index (χ1n) is 3.89. The summed E-state index contributed by atoms with van der Waals surface area (Å²) in [6.07, 6.45) is 4.28. The van der Waals surface area contributed by atoms with E-state index in [4.69, 9.17) is 9.62 Å². The molecule has 0 spiro atoms. The molecule has 0 fully saturated rings. The minimum atomic E-state index is 0.477. The van der Waals surface area contributed by atoms with Gasteiger partial charge >= 0.3 is 0 Å². The lowest BCUT2D eigenvalue weighted by atomic mass is 10.5. The van der Waals surface area contributed by atoms with Crippen LogP contribution >= 0.6 is 0 Å². The third kappa shape index (κ3) is 9.46. The van der Waals surface area contributed by atoms with Crippen molar-refractivity contribution in [1.29, 1.82) is 0 Å². The fourth-order valence-corrected chi connectivity index (χ4v) is 0.482. The zero-order chi connectivity index (χ0) is 8.36. The van der Waals surface area contributed by atoms with Crippen LogP contribution in [-0.2, 0) is 14.5 Å². The Labute approximate surface area is 67.9 Å². The fraction of sp³-hybridized carbons (Fsp3) is 0.750. The molecule has 0 amide bonds. The Hall–Kier alpha value is -0.540. The summed E-state index contributed by atoms with van der Waals surface area (Å²) in [5.41, 5.74) is 0. The quantitative estimate of drug-likeness (QED) is 0.246. The van der Waals surface area contributed by atoms with E-state index < -0.39 is 0 Å². The van der Waals surface area contributed by atoms with Crippen LogP contribution < -0.4 is 0 Å². The minimum Gasteiger partial charge on any atom is -0.379 e. The van der Waals surface area contributed by atoms with E-state index in [0.717, 1.165) is 13.0 Å². The van der Waals surface area contributed by atoms with E-state index in [2.05, 4.69) is 11.8 Å². The summed E-state index contributed by atoms with van der Waals surface area (Å²) in [5, 5.41) is 0. The summed E-state index contributed by atoms with van der Waals surface area (Å²) in [7, 11) is 0. The Morgan fingerprint density at radius 1 is 1.18 bits per heavy atom. The highest BCUT2D eigenvalue weighted by Gasteiger charge is 1.86. The lowest BCUT2D eigenvalue weighted by Crippen LogP contribution is -2.03. The van der Waals surface area contributed by atoms with Crippen molar-refractivity contribution in [2.24, 2.45) is 0 Å². The molecule has 0 N–H and O–H groups in total. The van der Waals surface area contributed by atoms with E-state index in [1.54, 1.807) is 6.08 Å². The zero-order valence-electron chi connectivity index (χ0n) is 7.21. The summed E-state index contributed by atoms with van der Waals surface area (Å²) >= 11 is 0. The predicted molar refractivity (Wildman–Crippen MR) is 43.0 cm³/mol. The van der Waals surface area contributed by atoms with E-state index in [1.807, 2.05) is 6.92 Å². The molecular formula is C8H16O3. The van der Waals surface area contributed by atoms with Crippen LogP contribution in [0.5, 0.6) is 0 Å². The molecule has 0 unspecified atom stereocenters. The average Bonchev–Trinajstić information content (AvgIpc) is 2.03. The van der Waals surface area contributed by atoms with Crippen LogP contribution in [0.25, 0.3) is 0 Å². The third-order valence-electron chi connectivity index (χ3n) is 0.919. The van der Waals surface area contributed by atoms with Crippen molar-refractivity contribution in [1.82, 2.24) is 0 Å². The van der Waals surface area contributed by atoms with E-state index >= 15 is 0 Å². The van der Waals surface area contributed by atoms with Crippen molar-refractivity contribution in [3.8, 4) is 0 Å². The fourth-order valence-electron chi connectivity index (χ4n) is 0.482. The minimum absolute atomic E-state index is 0.477. The second kappa shape index (κ2) is 9.46. The number of rotatable bonds is 7. The molecule has 0 atom stereocenters. The molecule has 0 saturated heterocycles. The lowest BCUT2D eigenvalue weighted by Gasteiger charge is -2.01. The van der Waals surface area contributed by atoms with Crippen molar-refractivity contribution in [2.75, 3.05) is 19.8 Å². The molecule has 3 nitrogen and oxygen atoms in total. The molecule has 0 bridgehead atoms. The maximum absolute atomic E-state index is 5.13. The standard InChI is InChI=1S/C8H16O3/c1-3-5-9-7-8-11-10-6-4-2/h4,6H,3,5,7-8H2,1-2H3/b6-4+. The van der Waals surface area contributed by atoms with Gasteiger partial charge in [0.05, 0.1) is 6.61 Å². The van der Waals surface area contributed by atoms with Gasteiger partial charge in [-0.15, -0.1) is 0 Å². The van der Waals surface area contributed by atoms with Crippen molar-refractivity contribution in [2.45, 2.75) is 20.3 Å². The van der Waals surface area contributed by atoms with Gasteiger partial charge in [0.2, 0.25) is 0 Å². The number of hydrogen-bond donors (Lipinski definition) is 0. The average molecular weight is 160 g/mol. The maximum atomic E-state index is 5.13. The van der Waals surface area contributed by atoms with Crippen molar-refractivity contribution >= 4 is 0 Å². The van der Waals surface area contributed by atoms with Gasteiger partial charge in [0.1, 0.15) is 12.9 Å². The van der Waals surface area contributed by atoms with Crippen molar-refractivity contribution in [3.05, 3.63) is 12.3 Å². The summed E-state index contributed by atoms with van der Waals surface area (Å²) in [6.45, 7) is 5.77. The molecule has 0 heterocycles. The van der Waals surface area contributed by atoms with Gasteiger partial charge in [0.15, 0.2) is 0 Å². The Bertz CT molecular complexity index is 91.3. The second-order valence-corrected chi connectivity index (χ2v) is 2.00. The second-order valence-electron chi connectivity index (χ2n) is 2.00. The SMILES string of the molecule is C/C=C/OOCCOCCC. The molecule has 11 heavy (non-hydrogen) atoms. The largest absolute Gasteiger partial charge is 0.379 e. The molecule has 0 aliphatic carbocycles. The Kier molecular flexibility index (Phi) is 9.00. The van der Waals surface area contributed by atoms with Gasteiger partial charge < -0.3 is 9.62 Å². The molecule has 0 rings (SSSR count). The van der Waals surface area contributed by atoms with Gasteiger partial charge in [-0.25, -0.2) is 0 Å². The Balaban J connectivity index is 2.79. The first kappa shape index (κ1) is 10.5. The van der Waals surface area contributed by atoms with E-state index in [9.17, 15) is 0 Å². The van der Waals surface area contributed by atoms with Crippen LogP contribution in [0.1, 0.15) is 20.3 Å². The molecule has 66 valence electrons. The highest BCUT2D eigenvalue weighted by molar-refractivity contribution is 4.62.